The lowest BCUT2D eigenvalue weighted by atomic mass is 10.1. The first-order valence-electron chi connectivity index (χ1n) is 9.16. The highest BCUT2D eigenvalue weighted by Crippen LogP contribution is 2.41. The Morgan fingerprint density at radius 2 is 1.87 bits per heavy atom. The number of rotatable bonds is 3. The van der Waals surface area contributed by atoms with Crippen molar-refractivity contribution in [3.8, 4) is 0 Å². The highest BCUT2D eigenvalue weighted by Gasteiger charge is 2.48. The summed E-state index contributed by atoms with van der Waals surface area (Å²) in [4.78, 5) is 6.13. The van der Waals surface area contributed by atoms with Crippen molar-refractivity contribution >= 4 is 44.1 Å². The zero-order valence-electron chi connectivity index (χ0n) is 15.9. The molecule has 0 amide bonds. The second kappa shape index (κ2) is 7.76. The lowest BCUT2D eigenvalue weighted by Gasteiger charge is -2.28. The Hall–Kier alpha value is -1.71. The second-order valence-corrected chi connectivity index (χ2v) is 10.9. The van der Waals surface area contributed by atoms with Gasteiger partial charge in [0.15, 0.2) is 15.0 Å². The fourth-order valence-electron chi connectivity index (χ4n) is 3.62. The van der Waals surface area contributed by atoms with E-state index in [9.17, 15) is 21.6 Å². The summed E-state index contributed by atoms with van der Waals surface area (Å²) in [7, 11) is -3.32. The SMILES string of the molecule is Cc1ccc(CSC2=N[C@H]3CS(=O)(=O)C[C@H]3N2c2cc(C(F)(F)F)ccc2Cl)cc1. The number of fused-ring (bicyclic) bond motifs is 1. The summed E-state index contributed by atoms with van der Waals surface area (Å²) in [6, 6.07) is 9.93. The minimum Gasteiger partial charge on any atom is -0.313 e. The Morgan fingerprint density at radius 3 is 2.53 bits per heavy atom. The van der Waals surface area contributed by atoms with Gasteiger partial charge in [-0.1, -0.05) is 53.2 Å². The molecule has 2 aliphatic heterocycles. The molecule has 2 aromatic carbocycles. The van der Waals surface area contributed by atoms with Crippen LogP contribution in [0.1, 0.15) is 16.7 Å². The number of nitrogens with zero attached hydrogens (tertiary/aromatic N) is 2. The Kier molecular flexibility index (Phi) is 5.57. The molecule has 0 bridgehead atoms. The monoisotopic (exact) mass is 474 g/mol. The molecule has 0 N–H and O–H groups in total. The van der Waals surface area contributed by atoms with E-state index in [2.05, 4.69) is 4.99 Å². The number of alkyl halides is 3. The van der Waals surface area contributed by atoms with E-state index in [1.54, 1.807) is 4.90 Å². The van der Waals surface area contributed by atoms with Crippen molar-refractivity contribution in [2.45, 2.75) is 30.9 Å². The van der Waals surface area contributed by atoms with Crippen LogP contribution in [0.4, 0.5) is 18.9 Å². The molecule has 2 heterocycles. The van der Waals surface area contributed by atoms with Gasteiger partial charge in [0.1, 0.15) is 0 Å². The van der Waals surface area contributed by atoms with E-state index < -0.39 is 33.7 Å². The van der Waals surface area contributed by atoms with Gasteiger partial charge in [-0.25, -0.2) is 8.42 Å². The average Bonchev–Trinajstić information content (AvgIpc) is 3.12. The lowest BCUT2D eigenvalue weighted by Crippen LogP contribution is -2.39. The van der Waals surface area contributed by atoms with Gasteiger partial charge in [-0.3, -0.25) is 4.99 Å². The molecule has 4 rings (SSSR count). The maximum atomic E-state index is 13.3. The third-order valence-corrected chi connectivity index (χ3v) is 8.19. The third kappa shape index (κ3) is 4.33. The number of anilines is 1. The third-order valence-electron chi connectivity index (χ3n) is 5.13. The van der Waals surface area contributed by atoms with Gasteiger partial charge < -0.3 is 4.90 Å². The van der Waals surface area contributed by atoms with Gasteiger partial charge >= 0.3 is 6.18 Å². The summed E-state index contributed by atoms with van der Waals surface area (Å²) < 4.78 is 64.1. The Bertz CT molecular complexity index is 1100. The highest BCUT2D eigenvalue weighted by molar-refractivity contribution is 8.13. The van der Waals surface area contributed by atoms with Gasteiger partial charge in [-0.15, -0.1) is 0 Å². The summed E-state index contributed by atoms with van der Waals surface area (Å²) in [5.41, 5.74) is 1.45. The molecule has 0 aliphatic carbocycles. The van der Waals surface area contributed by atoms with Crippen molar-refractivity contribution in [3.05, 3.63) is 64.2 Å². The zero-order valence-corrected chi connectivity index (χ0v) is 18.2. The fourth-order valence-corrected chi connectivity index (χ4v) is 6.74. The molecule has 2 atom stereocenters. The molecule has 0 aromatic heterocycles. The molecular formula is C20H18ClF3N2O2S2. The van der Waals surface area contributed by atoms with Gasteiger partial charge in [0.2, 0.25) is 0 Å². The lowest BCUT2D eigenvalue weighted by molar-refractivity contribution is -0.137. The van der Waals surface area contributed by atoms with E-state index in [0.717, 1.165) is 23.3 Å². The van der Waals surface area contributed by atoms with Crippen LogP contribution in [0.15, 0.2) is 47.5 Å². The molecular weight excluding hydrogens is 457 g/mol. The first kappa shape index (κ1) is 21.5. The van der Waals surface area contributed by atoms with Crippen molar-refractivity contribution in [3.63, 3.8) is 0 Å². The quantitative estimate of drug-likeness (QED) is 0.632. The minimum atomic E-state index is -4.54. The number of sulfone groups is 1. The molecule has 0 unspecified atom stereocenters. The Labute approximate surface area is 182 Å². The van der Waals surface area contributed by atoms with Gasteiger partial charge in [-0.05, 0) is 30.7 Å². The Balaban J connectivity index is 1.69. The van der Waals surface area contributed by atoms with Crippen LogP contribution in [0.2, 0.25) is 5.02 Å². The topological polar surface area (TPSA) is 49.7 Å². The number of hydrogen-bond acceptors (Lipinski definition) is 5. The average molecular weight is 475 g/mol. The van der Waals surface area contributed by atoms with Gasteiger partial charge in [-0.2, -0.15) is 13.2 Å². The van der Waals surface area contributed by atoms with Crippen LogP contribution in [-0.4, -0.2) is 37.2 Å². The maximum absolute atomic E-state index is 13.3. The molecule has 30 heavy (non-hydrogen) atoms. The number of amidine groups is 1. The number of hydrogen-bond donors (Lipinski definition) is 0. The fraction of sp³-hybridized carbons (Fsp3) is 0.350. The van der Waals surface area contributed by atoms with E-state index in [0.29, 0.717) is 10.9 Å². The van der Waals surface area contributed by atoms with Gasteiger partial charge in [0.05, 0.1) is 39.9 Å². The van der Waals surface area contributed by atoms with Gasteiger partial charge in [0, 0.05) is 5.75 Å². The maximum Gasteiger partial charge on any atom is 0.416 e. The molecule has 10 heteroatoms. The first-order valence-corrected chi connectivity index (χ1v) is 12.3. The molecule has 2 aromatic rings. The van der Waals surface area contributed by atoms with Crippen LogP contribution in [0.3, 0.4) is 0 Å². The number of halogens is 4. The van der Waals surface area contributed by atoms with Crippen molar-refractivity contribution in [1.29, 1.82) is 0 Å². The highest BCUT2D eigenvalue weighted by atomic mass is 35.5. The second-order valence-electron chi connectivity index (χ2n) is 7.43. The van der Waals surface area contributed by atoms with Crippen LogP contribution in [0, 0.1) is 6.92 Å². The normalized spacial score (nSPS) is 22.8. The minimum absolute atomic E-state index is 0.112. The first-order chi connectivity index (χ1) is 14.0. The number of aliphatic imine (C=N–C) groups is 1. The van der Waals surface area contributed by atoms with Crippen molar-refractivity contribution in [2.75, 3.05) is 16.4 Å². The largest absolute Gasteiger partial charge is 0.416 e. The molecule has 0 radical (unpaired) electrons. The number of thioether (sulfide) groups is 1. The smallest absolute Gasteiger partial charge is 0.313 e. The predicted molar refractivity (Wildman–Crippen MR) is 115 cm³/mol. The van der Waals surface area contributed by atoms with Crippen molar-refractivity contribution in [2.24, 2.45) is 4.99 Å². The van der Waals surface area contributed by atoms with E-state index in [1.165, 1.54) is 17.8 Å². The number of benzene rings is 2. The summed E-state index contributed by atoms with van der Waals surface area (Å²) >= 11 is 7.63. The summed E-state index contributed by atoms with van der Waals surface area (Å²) in [5, 5.41) is 0.610. The molecule has 1 saturated heterocycles. The molecule has 0 spiro atoms. The summed E-state index contributed by atoms with van der Waals surface area (Å²) in [6.07, 6.45) is -4.54. The standard InChI is InChI=1S/C20H18ClF3N2O2S2/c1-12-2-4-13(5-3-12)9-29-19-25-16-10-30(27,28)11-18(16)26(19)17-8-14(20(22,23)24)6-7-15(17)21/h2-8,16,18H,9-11H2,1H3/t16-,18+/m0/s1. The zero-order chi connectivity index (χ0) is 21.7. The summed E-state index contributed by atoms with van der Waals surface area (Å²) in [6.45, 7) is 1.98. The molecule has 1 fully saturated rings. The number of aryl methyl sites for hydroxylation is 1. The van der Waals surface area contributed by atoms with Crippen LogP contribution in [0.25, 0.3) is 0 Å². The van der Waals surface area contributed by atoms with E-state index in [-0.39, 0.29) is 22.2 Å². The molecule has 2 aliphatic rings. The van der Waals surface area contributed by atoms with E-state index in [1.807, 2.05) is 31.2 Å². The van der Waals surface area contributed by atoms with Crippen LogP contribution in [0.5, 0.6) is 0 Å². The van der Waals surface area contributed by atoms with Crippen molar-refractivity contribution in [1.82, 2.24) is 0 Å². The van der Waals surface area contributed by atoms with Crippen LogP contribution >= 0.6 is 23.4 Å². The van der Waals surface area contributed by atoms with Crippen LogP contribution in [-0.2, 0) is 21.8 Å². The van der Waals surface area contributed by atoms with Crippen molar-refractivity contribution < 1.29 is 21.6 Å². The predicted octanol–water partition coefficient (Wildman–Crippen LogP) is 4.94. The molecule has 4 nitrogen and oxygen atoms in total. The van der Waals surface area contributed by atoms with E-state index >= 15 is 0 Å². The Morgan fingerprint density at radius 1 is 1.17 bits per heavy atom. The van der Waals surface area contributed by atoms with Crippen LogP contribution < -0.4 is 4.90 Å². The molecule has 160 valence electrons. The molecule has 0 saturated carbocycles. The van der Waals surface area contributed by atoms with E-state index in [4.69, 9.17) is 11.6 Å². The van der Waals surface area contributed by atoms with Gasteiger partial charge in [0.25, 0.3) is 0 Å². The summed E-state index contributed by atoms with van der Waals surface area (Å²) in [5.74, 6) is 0.278.